The first-order valence-corrected chi connectivity index (χ1v) is 12.0. The highest BCUT2D eigenvalue weighted by atomic mass is 16.5. The number of nitrogens with one attached hydrogen (secondary N) is 1. The number of amides is 2. The molecule has 0 unspecified atom stereocenters. The molecule has 1 fully saturated rings. The van der Waals surface area contributed by atoms with Gasteiger partial charge < -0.3 is 19.5 Å². The molecule has 0 aliphatic carbocycles. The average Bonchev–Trinajstić information content (AvgIpc) is 3.22. The number of carbonyl (C=O) groups is 2. The van der Waals surface area contributed by atoms with Crippen molar-refractivity contribution >= 4 is 22.7 Å². The second-order valence-corrected chi connectivity index (χ2v) is 9.08. The largest absolute Gasteiger partial charge is 0.497 e. The molecule has 172 valence electrons. The Balaban J connectivity index is 1.56. The van der Waals surface area contributed by atoms with Crippen LogP contribution in [0.5, 0.6) is 5.75 Å². The van der Waals surface area contributed by atoms with Crippen molar-refractivity contribution < 1.29 is 14.3 Å². The Morgan fingerprint density at radius 2 is 1.82 bits per heavy atom. The third-order valence-electron chi connectivity index (χ3n) is 7.06. The van der Waals surface area contributed by atoms with Crippen molar-refractivity contribution in [2.45, 2.75) is 51.1 Å². The minimum Gasteiger partial charge on any atom is -0.497 e. The summed E-state index contributed by atoms with van der Waals surface area (Å²) in [6.07, 6.45) is 4.88. The molecule has 2 aliphatic heterocycles. The first-order chi connectivity index (χ1) is 16.1. The lowest BCUT2D eigenvalue weighted by atomic mass is 9.86. The molecule has 2 atom stereocenters. The van der Waals surface area contributed by atoms with E-state index in [0.29, 0.717) is 13.0 Å². The molecule has 3 aromatic rings. The predicted octanol–water partition coefficient (Wildman–Crippen LogP) is 4.44. The summed E-state index contributed by atoms with van der Waals surface area (Å²) in [5.74, 6) is 0.850. The van der Waals surface area contributed by atoms with Crippen LogP contribution in [0.2, 0.25) is 0 Å². The minimum atomic E-state index is -0.476. The van der Waals surface area contributed by atoms with Crippen LogP contribution in [0.1, 0.15) is 55.5 Å². The summed E-state index contributed by atoms with van der Waals surface area (Å²) in [7, 11) is 1.64. The van der Waals surface area contributed by atoms with Crippen LogP contribution < -0.4 is 4.74 Å². The fourth-order valence-electron chi connectivity index (χ4n) is 5.37. The molecule has 2 amide bonds. The molecule has 6 nitrogen and oxygen atoms in total. The zero-order valence-electron chi connectivity index (χ0n) is 19.3. The quantitative estimate of drug-likeness (QED) is 0.547. The van der Waals surface area contributed by atoms with Crippen molar-refractivity contribution in [3.8, 4) is 5.75 Å². The van der Waals surface area contributed by atoms with Crippen LogP contribution in [0, 0.1) is 0 Å². The Morgan fingerprint density at radius 1 is 1.03 bits per heavy atom. The van der Waals surface area contributed by atoms with E-state index in [0.717, 1.165) is 59.2 Å². The van der Waals surface area contributed by atoms with Crippen LogP contribution in [0.4, 0.5) is 0 Å². The third kappa shape index (κ3) is 3.77. The molecule has 1 N–H and O–H groups in total. The Hall–Kier alpha value is -3.28. The summed E-state index contributed by atoms with van der Waals surface area (Å²) >= 11 is 0. The first kappa shape index (κ1) is 21.6. The number of methoxy groups -OCH3 is 1. The molecule has 0 spiro atoms. The monoisotopic (exact) mass is 445 g/mol. The van der Waals surface area contributed by atoms with E-state index < -0.39 is 6.04 Å². The van der Waals surface area contributed by atoms with E-state index in [1.807, 2.05) is 41.3 Å². The van der Waals surface area contributed by atoms with Gasteiger partial charge in [0.25, 0.3) is 0 Å². The Morgan fingerprint density at radius 3 is 2.58 bits per heavy atom. The van der Waals surface area contributed by atoms with Crippen molar-refractivity contribution in [3.63, 3.8) is 0 Å². The number of H-pyrrole nitrogens is 1. The van der Waals surface area contributed by atoms with Gasteiger partial charge in [0.2, 0.25) is 11.8 Å². The van der Waals surface area contributed by atoms with Crippen molar-refractivity contribution in [2.75, 3.05) is 20.2 Å². The minimum absolute atomic E-state index is 0.0141. The zero-order valence-corrected chi connectivity index (χ0v) is 19.3. The summed E-state index contributed by atoms with van der Waals surface area (Å²) in [6.45, 7) is 2.99. The molecule has 6 heteroatoms. The fourth-order valence-corrected chi connectivity index (χ4v) is 5.37. The zero-order chi connectivity index (χ0) is 22.9. The molecule has 1 aromatic heterocycles. The standard InChI is InChI=1S/C27H31N3O3/c1-3-4-5-8-15-29-17-24(31)30-23(27(29)32)16-21-20-9-6-7-10-22(20)28-25(21)26(30)18-11-13-19(33-2)14-12-18/h6-7,9-14,23,26,28H,3-5,8,15-17H2,1-2H3/t23-,26-/m0/s1. The van der Waals surface area contributed by atoms with E-state index in [1.165, 1.54) is 0 Å². The van der Waals surface area contributed by atoms with Gasteiger partial charge in [0.05, 0.1) is 19.7 Å². The molecule has 1 saturated heterocycles. The van der Waals surface area contributed by atoms with Gasteiger partial charge in [0.15, 0.2) is 0 Å². The molecular weight excluding hydrogens is 414 g/mol. The number of ether oxygens (including phenoxy) is 1. The number of para-hydroxylation sites is 1. The van der Waals surface area contributed by atoms with Gasteiger partial charge in [0, 0.05) is 29.6 Å². The Bertz CT molecular complexity index is 1170. The maximum absolute atomic E-state index is 13.6. The Labute approximate surface area is 194 Å². The number of hydrogen-bond acceptors (Lipinski definition) is 3. The SMILES string of the molecule is CCCCCCN1CC(=O)N2[C@@H](c3ccc(OC)cc3)c3[nH]c4ccccc4c3C[C@H]2C1=O. The van der Waals surface area contributed by atoms with Crippen LogP contribution in [0.3, 0.4) is 0 Å². The predicted molar refractivity (Wildman–Crippen MR) is 128 cm³/mol. The molecule has 0 radical (unpaired) electrons. The molecule has 0 bridgehead atoms. The van der Waals surface area contributed by atoms with Crippen LogP contribution in [0.15, 0.2) is 48.5 Å². The van der Waals surface area contributed by atoms with Crippen molar-refractivity contribution in [3.05, 3.63) is 65.4 Å². The van der Waals surface area contributed by atoms with E-state index in [4.69, 9.17) is 4.74 Å². The lowest BCUT2D eigenvalue weighted by Crippen LogP contribution is -2.63. The van der Waals surface area contributed by atoms with Gasteiger partial charge in [0.1, 0.15) is 11.8 Å². The van der Waals surface area contributed by atoms with Crippen LogP contribution >= 0.6 is 0 Å². The number of carbonyl (C=O) groups excluding carboxylic acids is 2. The maximum Gasteiger partial charge on any atom is 0.246 e. The lowest BCUT2D eigenvalue weighted by Gasteiger charge is -2.47. The average molecular weight is 446 g/mol. The van der Waals surface area contributed by atoms with E-state index in [2.05, 4.69) is 24.0 Å². The number of hydrogen-bond donors (Lipinski definition) is 1. The Kier molecular flexibility index (Phi) is 5.83. The molecule has 33 heavy (non-hydrogen) atoms. The molecule has 3 heterocycles. The van der Waals surface area contributed by atoms with Gasteiger partial charge in [-0.05, 0) is 35.7 Å². The highest BCUT2D eigenvalue weighted by molar-refractivity contribution is 5.97. The van der Waals surface area contributed by atoms with E-state index in [9.17, 15) is 9.59 Å². The number of aromatic amines is 1. The van der Waals surface area contributed by atoms with Gasteiger partial charge in [-0.3, -0.25) is 9.59 Å². The van der Waals surface area contributed by atoms with Gasteiger partial charge in [-0.15, -0.1) is 0 Å². The molecular formula is C27H31N3O3. The number of piperazine rings is 1. The molecule has 2 aromatic carbocycles. The number of unbranched alkanes of at least 4 members (excludes halogenated alkanes) is 3. The lowest BCUT2D eigenvalue weighted by molar-refractivity contribution is -0.158. The highest BCUT2D eigenvalue weighted by Crippen LogP contribution is 2.42. The fraction of sp³-hybridized carbons (Fsp3) is 0.407. The number of benzene rings is 2. The van der Waals surface area contributed by atoms with Gasteiger partial charge in [-0.1, -0.05) is 56.5 Å². The molecule has 5 rings (SSSR count). The number of aromatic nitrogens is 1. The third-order valence-corrected chi connectivity index (χ3v) is 7.06. The summed E-state index contributed by atoms with van der Waals surface area (Å²) in [6, 6.07) is 15.2. The first-order valence-electron chi connectivity index (χ1n) is 12.0. The van der Waals surface area contributed by atoms with Crippen molar-refractivity contribution in [1.29, 1.82) is 0 Å². The second kappa shape index (κ2) is 8.93. The van der Waals surface area contributed by atoms with Crippen LogP contribution in [-0.4, -0.2) is 52.8 Å². The molecule has 0 saturated carbocycles. The summed E-state index contributed by atoms with van der Waals surface area (Å²) in [4.78, 5) is 34.3. The maximum atomic E-state index is 13.6. The summed E-state index contributed by atoms with van der Waals surface area (Å²) in [5.41, 5.74) is 4.17. The second-order valence-electron chi connectivity index (χ2n) is 9.08. The summed E-state index contributed by atoms with van der Waals surface area (Å²) < 4.78 is 5.34. The van der Waals surface area contributed by atoms with Gasteiger partial charge in [-0.25, -0.2) is 0 Å². The highest BCUT2D eigenvalue weighted by Gasteiger charge is 2.48. The van der Waals surface area contributed by atoms with Crippen LogP contribution in [0.25, 0.3) is 10.9 Å². The van der Waals surface area contributed by atoms with E-state index in [-0.39, 0.29) is 24.4 Å². The van der Waals surface area contributed by atoms with Gasteiger partial charge in [-0.2, -0.15) is 0 Å². The number of rotatable bonds is 7. The van der Waals surface area contributed by atoms with E-state index in [1.54, 1.807) is 12.0 Å². The van der Waals surface area contributed by atoms with Crippen LogP contribution in [-0.2, 0) is 16.0 Å². The van der Waals surface area contributed by atoms with Gasteiger partial charge >= 0.3 is 0 Å². The van der Waals surface area contributed by atoms with Crippen molar-refractivity contribution in [1.82, 2.24) is 14.8 Å². The van der Waals surface area contributed by atoms with E-state index >= 15 is 0 Å². The topological polar surface area (TPSA) is 65.6 Å². The number of nitrogens with zero attached hydrogens (tertiary/aromatic N) is 2. The normalized spacial score (nSPS) is 20.2. The molecule has 2 aliphatic rings. The summed E-state index contributed by atoms with van der Waals surface area (Å²) in [5, 5.41) is 1.13. The number of fused-ring (bicyclic) bond motifs is 4. The van der Waals surface area contributed by atoms with Crippen molar-refractivity contribution in [2.24, 2.45) is 0 Å². The smallest absolute Gasteiger partial charge is 0.246 e.